The van der Waals surface area contributed by atoms with Crippen molar-refractivity contribution >= 4 is 0 Å². The normalized spacial score (nSPS) is 15.9. The number of aliphatic hydroxyl groups excluding tert-OH is 2. The SMILES string of the molecule is C=CC(C)CC/C(C)=C/COCC(O)CO. The van der Waals surface area contributed by atoms with Crippen molar-refractivity contribution in [2.24, 2.45) is 5.92 Å². The van der Waals surface area contributed by atoms with Crippen LogP contribution in [0.4, 0.5) is 0 Å². The molecule has 0 aromatic rings. The van der Waals surface area contributed by atoms with Crippen molar-refractivity contribution in [3.63, 3.8) is 0 Å². The highest BCUT2D eigenvalue weighted by molar-refractivity contribution is 4.98. The number of hydrogen-bond donors (Lipinski definition) is 2. The molecule has 2 unspecified atom stereocenters. The molecule has 0 aliphatic heterocycles. The van der Waals surface area contributed by atoms with Crippen LogP contribution in [0.5, 0.6) is 0 Å². The minimum Gasteiger partial charge on any atom is -0.394 e. The molecule has 0 aliphatic carbocycles. The minimum absolute atomic E-state index is 0.184. The lowest BCUT2D eigenvalue weighted by Crippen LogP contribution is -2.19. The van der Waals surface area contributed by atoms with Gasteiger partial charge in [-0.1, -0.05) is 24.6 Å². The lowest BCUT2D eigenvalue weighted by atomic mass is 10.0. The Bertz CT molecular complexity index is 211. The van der Waals surface area contributed by atoms with Gasteiger partial charge in [-0.25, -0.2) is 0 Å². The fourth-order valence-corrected chi connectivity index (χ4v) is 1.13. The summed E-state index contributed by atoms with van der Waals surface area (Å²) in [5, 5.41) is 17.6. The minimum atomic E-state index is -0.769. The van der Waals surface area contributed by atoms with Crippen molar-refractivity contribution in [2.75, 3.05) is 19.8 Å². The predicted octanol–water partition coefficient (Wildman–Crippen LogP) is 1.90. The lowest BCUT2D eigenvalue weighted by Gasteiger charge is -2.08. The summed E-state index contributed by atoms with van der Waals surface area (Å²) in [7, 11) is 0. The van der Waals surface area contributed by atoms with Crippen molar-refractivity contribution < 1.29 is 14.9 Å². The standard InChI is InChI=1S/C13H24O3/c1-4-11(2)5-6-12(3)7-8-16-10-13(15)9-14/h4,7,11,13-15H,1,5-6,8-10H2,2-3H3/b12-7+. The maximum atomic E-state index is 9.02. The molecule has 0 amide bonds. The van der Waals surface area contributed by atoms with E-state index in [1.807, 2.05) is 12.2 Å². The van der Waals surface area contributed by atoms with E-state index in [9.17, 15) is 0 Å². The second-order valence-electron chi connectivity index (χ2n) is 4.18. The molecule has 16 heavy (non-hydrogen) atoms. The van der Waals surface area contributed by atoms with Gasteiger partial charge in [-0.3, -0.25) is 0 Å². The van der Waals surface area contributed by atoms with E-state index >= 15 is 0 Å². The zero-order valence-electron chi connectivity index (χ0n) is 10.4. The van der Waals surface area contributed by atoms with Crippen LogP contribution in [-0.2, 0) is 4.74 Å². The second kappa shape index (κ2) is 9.58. The van der Waals surface area contributed by atoms with Crippen LogP contribution in [0.2, 0.25) is 0 Å². The molecule has 2 atom stereocenters. The van der Waals surface area contributed by atoms with Gasteiger partial charge < -0.3 is 14.9 Å². The highest BCUT2D eigenvalue weighted by Crippen LogP contribution is 2.11. The molecule has 0 fully saturated rings. The third-order valence-electron chi connectivity index (χ3n) is 2.47. The molecule has 0 aliphatic rings. The van der Waals surface area contributed by atoms with Crippen LogP contribution in [0.25, 0.3) is 0 Å². The van der Waals surface area contributed by atoms with Gasteiger partial charge in [0.25, 0.3) is 0 Å². The Labute approximate surface area is 98.4 Å². The van der Waals surface area contributed by atoms with Gasteiger partial charge in [0.15, 0.2) is 0 Å². The summed E-state index contributed by atoms with van der Waals surface area (Å²) in [6.07, 6.45) is 5.35. The molecular weight excluding hydrogens is 204 g/mol. The second-order valence-corrected chi connectivity index (χ2v) is 4.18. The molecule has 0 bridgehead atoms. The summed E-state index contributed by atoms with van der Waals surface area (Å²) >= 11 is 0. The van der Waals surface area contributed by atoms with Gasteiger partial charge in [0, 0.05) is 0 Å². The van der Waals surface area contributed by atoms with Gasteiger partial charge in [0.2, 0.25) is 0 Å². The fourth-order valence-electron chi connectivity index (χ4n) is 1.13. The highest BCUT2D eigenvalue weighted by Gasteiger charge is 2.00. The van der Waals surface area contributed by atoms with Crippen molar-refractivity contribution in [2.45, 2.75) is 32.8 Å². The fraction of sp³-hybridized carbons (Fsp3) is 0.692. The van der Waals surface area contributed by atoms with Crippen molar-refractivity contribution in [1.82, 2.24) is 0 Å². The molecular formula is C13H24O3. The average molecular weight is 228 g/mol. The van der Waals surface area contributed by atoms with E-state index in [2.05, 4.69) is 20.4 Å². The van der Waals surface area contributed by atoms with E-state index < -0.39 is 6.10 Å². The van der Waals surface area contributed by atoms with Crippen LogP contribution >= 0.6 is 0 Å². The first kappa shape index (κ1) is 15.4. The summed E-state index contributed by atoms with van der Waals surface area (Å²) in [6.45, 7) is 8.39. The lowest BCUT2D eigenvalue weighted by molar-refractivity contribution is 0.0148. The molecule has 94 valence electrons. The quantitative estimate of drug-likeness (QED) is 0.468. The Morgan fingerprint density at radius 3 is 2.75 bits per heavy atom. The van der Waals surface area contributed by atoms with Crippen LogP contribution in [0.15, 0.2) is 24.3 Å². The van der Waals surface area contributed by atoms with Gasteiger partial charge in [0.05, 0.1) is 19.8 Å². The van der Waals surface area contributed by atoms with Crippen LogP contribution in [-0.4, -0.2) is 36.1 Å². The maximum Gasteiger partial charge on any atom is 0.100 e. The Hall–Kier alpha value is -0.640. The topological polar surface area (TPSA) is 49.7 Å². The first-order valence-electron chi connectivity index (χ1n) is 5.75. The average Bonchev–Trinajstić information content (AvgIpc) is 2.31. The number of ether oxygens (including phenoxy) is 1. The largest absolute Gasteiger partial charge is 0.394 e. The number of rotatable bonds is 9. The summed E-state index contributed by atoms with van der Waals surface area (Å²) in [6, 6.07) is 0. The van der Waals surface area contributed by atoms with Gasteiger partial charge in [-0.05, 0) is 25.7 Å². The Morgan fingerprint density at radius 2 is 2.19 bits per heavy atom. The molecule has 3 nitrogen and oxygen atoms in total. The van der Waals surface area contributed by atoms with Crippen LogP contribution in [0, 0.1) is 5.92 Å². The summed E-state index contributed by atoms with van der Waals surface area (Å²) in [5.41, 5.74) is 1.28. The van der Waals surface area contributed by atoms with Gasteiger partial charge >= 0.3 is 0 Å². The van der Waals surface area contributed by atoms with E-state index in [4.69, 9.17) is 14.9 Å². The number of aliphatic hydroxyl groups is 2. The molecule has 0 saturated carbocycles. The van der Waals surface area contributed by atoms with Crippen LogP contribution in [0.1, 0.15) is 26.7 Å². The Kier molecular flexibility index (Phi) is 9.19. The zero-order chi connectivity index (χ0) is 12.4. The maximum absolute atomic E-state index is 9.02. The third kappa shape index (κ3) is 8.65. The van der Waals surface area contributed by atoms with Gasteiger partial charge in [0.1, 0.15) is 6.10 Å². The number of allylic oxidation sites excluding steroid dienone is 2. The molecule has 3 heteroatoms. The zero-order valence-corrected chi connectivity index (χ0v) is 10.4. The first-order chi connectivity index (χ1) is 7.60. The summed E-state index contributed by atoms with van der Waals surface area (Å²) < 4.78 is 5.18. The third-order valence-corrected chi connectivity index (χ3v) is 2.47. The summed E-state index contributed by atoms with van der Waals surface area (Å²) in [4.78, 5) is 0. The van der Waals surface area contributed by atoms with E-state index in [-0.39, 0.29) is 13.2 Å². The highest BCUT2D eigenvalue weighted by atomic mass is 16.5. The predicted molar refractivity (Wildman–Crippen MR) is 66.3 cm³/mol. The van der Waals surface area contributed by atoms with Gasteiger partial charge in [-0.2, -0.15) is 0 Å². The van der Waals surface area contributed by atoms with Crippen LogP contribution < -0.4 is 0 Å². The molecule has 2 N–H and O–H groups in total. The van der Waals surface area contributed by atoms with Crippen molar-refractivity contribution in [3.8, 4) is 0 Å². The number of hydrogen-bond acceptors (Lipinski definition) is 3. The Morgan fingerprint density at radius 1 is 1.50 bits per heavy atom. The van der Waals surface area contributed by atoms with E-state index in [1.165, 1.54) is 5.57 Å². The molecule has 0 radical (unpaired) electrons. The molecule has 0 spiro atoms. The van der Waals surface area contributed by atoms with E-state index in [0.29, 0.717) is 12.5 Å². The van der Waals surface area contributed by atoms with E-state index in [1.54, 1.807) is 0 Å². The molecule has 0 saturated heterocycles. The first-order valence-corrected chi connectivity index (χ1v) is 5.75. The van der Waals surface area contributed by atoms with Crippen molar-refractivity contribution in [3.05, 3.63) is 24.3 Å². The smallest absolute Gasteiger partial charge is 0.100 e. The molecule has 0 aromatic carbocycles. The van der Waals surface area contributed by atoms with Crippen molar-refractivity contribution in [1.29, 1.82) is 0 Å². The molecule has 0 aromatic heterocycles. The monoisotopic (exact) mass is 228 g/mol. The van der Waals surface area contributed by atoms with E-state index in [0.717, 1.165) is 12.8 Å². The van der Waals surface area contributed by atoms with Crippen LogP contribution in [0.3, 0.4) is 0 Å². The molecule has 0 heterocycles. The summed E-state index contributed by atoms with van der Waals surface area (Å²) in [5.74, 6) is 0.542. The Balaban J connectivity index is 3.58. The molecule has 0 rings (SSSR count). The van der Waals surface area contributed by atoms with Gasteiger partial charge in [-0.15, -0.1) is 6.58 Å².